The molecule has 0 aliphatic carbocycles. The molecule has 0 fully saturated rings. The van der Waals surface area contributed by atoms with Crippen molar-refractivity contribution >= 4 is 27.3 Å². The fourth-order valence-electron chi connectivity index (χ4n) is 1.56. The number of nitrogens with one attached hydrogen (secondary N) is 2. The van der Waals surface area contributed by atoms with Gasteiger partial charge in [0.05, 0.1) is 4.90 Å². The summed E-state index contributed by atoms with van der Waals surface area (Å²) in [5.74, 6) is -0.362. The van der Waals surface area contributed by atoms with Crippen LogP contribution < -0.4 is 10.6 Å². The third-order valence-corrected chi connectivity index (χ3v) is 4.01. The highest BCUT2D eigenvalue weighted by Crippen LogP contribution is 2.14. The van der Waals surface area contributed by atoms with Crippen LogP contribution in [0.15, 0.2) is 29.2 Å². The van der Waals surface area contributed by atoms with Gasteiger partial charge < -0.3 is 10.6 Å². The topological polar surface area (TPSA) is 92.3 Å². The van der Waals surface area contributed by atoms with Crippen LogP contribution in [0.2, 0.25) is 0 Å². The van der Waals surface area contributed by atoms with Crippen LogP contribution in [0.3, 0.4) is 0 Å². The molecule has 0 aromatic heterocycles. The highest BCUT2D eigenvalue weighted by atomic mass is 32.2. The molecule has 0 spiro atoms. The van der Waals surface area contributed by atoms with Crippen LogP contribution in [0.25, 0.3) is 0 Å². The van der Waals surface area contributed by atoms with E-state index in [-0.39, 0.29) is 29.7 Å². The Morgan fingerprint density at radius 1 is 1.09 bits per heavy atom. The molecular weight excluding hydrogens is 304 g/mol. The van der Waals surface area contributed by atoms with Crippen LogP contribution in [0.5, 0.6) is 0 Å². The van der Waals surface area contributed by atoms with Crippen LogP contribution in [0, 0.1) is 5.41 Å². The van der Waals surface area contributed by atoms with E-state index in [0.29, 0.717) is 5.69 Å². The third-order valence-electron chi connectivity index (χ3n) is 2.89. The van der Waals surface area contributed by atoms with E-state index in [1.165, 1.54) is 24.3 Å². The molecule has 1 aromatic carbocycles. The van der Waals surface area contributed by atoms with E-state index in [9.17, 15) is 18.0 Å². The van der Waals surface area contributed by atoms with Crippen molar-refractivity contribution in [1.82, 2.24) is 5.32 Å². The summed E-state index contributed by atoms with van der Waals surface area (Å²) < 4.78 is 22.6. The smallest absolute Gasteiger partial charge is 0.226 e. The average Bonchev–Trinajstić information content (AvgIpc) is 2.37. The molecule has 7 heteroatoms. The maximum absolute atomic E-state index is 11.7. The maximum atomic E-state index is 11.7. The van der Waals surface area contributed by atoms with E-state index in [1.807, 2.05) is 0 Å². The Labute approximate surface area is 131 Å². The molecule has 2 amide bonds. The first-order valence-electron chi connectivity index (χ1n) is 6.88. The first kappa shape index (κ1) is 18.2. The summed E-state index contributed by atoms with van der Waals surface area (Å²) in [5.41, 5.74) is 0.0253. The average molecular weight is 326 g/mol. The van der Waals surface area contributed by atoms with E-state index in [1.54, 1.807) is 20.8 Å². The summed E-state index contributed by atoms with van der Waals surface area (Å²) in [7, 11) is -3.25. The molecule has 0 saturated carbocycles. The minimum atomic E-state index is -3.25. The lowest BCUT2D eigenvalue weighted by Gasteiger charge is -2.17. The lowest BCUT2D eigenvalue weighted by atomic mass is 9.96. The molecule has 0 radical (unpaired) electrons. The predicted octanol–water partition coefficient (Wildman–Crippen LogP) is 1.58. The Bertz CT molecular complexity index is 643. The van der Waals surface area contributed by atoms with E-state index < -0.39 is 15.3 Å². The summed E-state index contributed by atoms with van der Waals surface area (Å²) in [6, 6.07) is 5.93. The van der Waals surface area contributed by atoms with Crippen molar-refractivity contribution < 1.29 is 18.0 Å². The largest absolute Gasteiger partial charge is 0.355 e. The maximum Gasteiger partial charge on any atom is 0.226 e. The van der Waals surface area contributed by atoms with Gasteiger partial charge in [0.15, 0.2) is 9.84 Å². The zero-order chi connectivity index (χ0) is 17.0. The molecule has 0 unspecified atom stereocenters. The number of amides is 2. The van der Waals surface area contributed by atoms with E-state index in [0.717, 1.165) is 6.26 Å². The summed E-state index contributed by atoms with van der Waals surface area (Å²) in [6.45, 7) is 5.65. The minimum Gasteiger partial charge on any atom is -0.355 e. The second kappa shape index (κ2) is 6.91. The number of sulfone groups is 1. The zero-order valence-electron chi connectivity index (χ0n) is 13.3. The molecular formula is C15H22N2O4S. The first-order valence-corrected chi connectivity index (χ1v) is 8.77. The van der Waals surface area contributed by atoms with Crippen molar-refractivity contribution in [3.05, 3.63) is 24.3 Å². The Morgan fingerprint density at radius 2 is 1.64 bits per heavy atom. The highest BCUT2D eigenvalue weighted by molar-refractivity contribution is 7.90. The minimum absolute atomic E-state index is 0.113. The van der Waals surface area contributed by atoms with Gasteiger partial charge in [0.1, 0.15) is 0 Å². The Balaban J connectivity index is 2.48. The monoisotopic (exact) mass is 326 g/mol. The number of carbonyl (C=O) groups is 2. The van der Waals surface area contributed by atoms with Crippen molar-refractivity contribution in [2.24, 2.45) is 5.41 Å². The van der Waals surface area contributed by atoms with Gasteiger partial charge >= 0.3 is 0 Å². The standard InChI is InChI=1S/C15H22N2O4S/c1-15(2,3)14(19)16-10-9-13(18)17-11-5-7-12(8-6-11)22(4,20)21/h5-8H,9-10H2,1-4H3,(H,16,19)(H,17,18). The number of hydrogen-bond acceptors (Lipinski definition) is 4. The number of carbonyl (C=O) groups excluding carboxylic acids is 2. The summed E-state index contributed by atoms with van der Waals surface area (Å²) >= 11 is 0. The Morgan fingerprint density at radius 3 is 2.09 bits per heavy atom. The lowest BCUT2D eigenvalue weighted by molar-refractivity contribution is -0.128. The molecule has 0 atom stereocenters. The summed E-state index contributed by atoms with van der Waals surface area (Å²) in [5, 5.41) is 5.34. The predicted molar refractivity (Wildman–Crippen MR) is 85.3 cm³/mol. The van der Waals surface area contributed by atoms with E-state index >= 15 is 0 Å². The Hall–Kier alpha value is -1.89. The van der Waals surface area contributed by atoms with Crippen molar-refractivity contribution in [1.29, 1.82) is 0 Å². The van der Waals surface area contributed by atoms with Crippen molar-refractivity contribution in [2.45, 2.75) is 32.1 Å². The molecule has 2 N–H and O–H groups in total. The van der Waals surface area contributed by atoms with Crippen LogP contribution in [0.4, 0.5) is 5.69 Å². The molecule has 1 rings (SSSR count). The van der Waals surface area contributed by atoms with Crippen LogP contribution in [-0.2, 0) is 19.4 Å². The zero-order valence-corrected chi connectivity index (χ0v) is 14.1. The van der Waals surface area contributed by atoms with Gasteiger partial charge in [0.2, 0.25) is 11.8 Å². The number of hydrogen-bond donors (Lipinski definition) is 2. The number of anilines is 1. The second-order valence-electron chi connectivity index (χ2n) is 6.10. The fraction of sp³-hybridized carbons (Fsp3) is 0.467. The molecule has 0 saturated heterocycles. The highest BCUT2D eigenvalue weighted by Gasteiger charge is 2.20. The SMILES string of the molecule is CC(C)(C)C(=O)NCCC(=O)Nc1ccc(S(C)(=O)=O)cc1. The van der Waals surface area contributed by atoms with Gasteiger partial charge in [-0.3, -0.25) is 9.59 Å². The number of benzene rings is 1. The second-order valence-corrected chi connectivity index (χ2v) is 8.12. The molecule has 22 heavy (non-hydrogen) atoms. The van der Waals surface area contributed by atoms with Gasteiger partial charge in [-0.2, -0.15) is 0 Å². The van der Waals surface area contributed by atoms with Gasteiger partial charge in [-0.05, 0) is 24.3 Å². The van der Waals surface area contributed by atoms with Gasteiger partial charge in [0, 0.05) is 30.3 Å². The summed E-state index contributed by atoms with van der Waals surface area (Å²) in [6.07, 6.45) is 1.27. The van der Waals surface area contributed by atoms with Crippen molar-refractivity contribution in [3.8, 4) is 0 Å². The van der Waals surface area contributed by atoms with Crippen LogP contribution in [0.1, 0.15) is 27.2 Å². The molecule has 0 aliphatic rings. The van der Waals surface area contributed by atoms with Gasteiger partial charge in [-0.25, -0.2) is 8.42 Å². The molecule has 122 valence electrons. The van der Waals surface area contributed by atoms with E-state index in [2.05, 4.69) is 10.6 Å². The van der Waals surface area contributed by atoms with Crippen molar-refractivity contribution in [2.75, 3.05) is 18.1 Å². The van der Waals surface area contributed by atoms with Gasteiger partial charge in [-0.15, -0.1) is 0 Å². The van der Waals surface area contributed by atoms with Gasteiger partial charge in [0.25, 0.3) is 0 Å². The quantitative estimate of drug-likeness (QED) is 0.859. The lowest BCUT2D eigenvalue weighted by Crippen LogP contribution is -2.36. The number of rotatable bonds is 5. The Kier molecular flexibility index (Phi) is 5.71. The van der Waals surface area contributed by atoms with Gasteiger partial charge in [-0.1, -0.05) is 20.8 Å². The molecule has 0 heterocycles. The molecule has 6 nitrogen and oxygen atoms in total. The van der Waals surface area contributed by atoms with Crippen LogP contribution >= 0.6 is 0 Å². The normalized spacial score (nSPS) is 11.8. The molecule has 0 aliphatic heterocycles. The fourth-order valence-corrected chi connectivity index (χ4v) is 2.19. The van der Waals surface area contributed by atoms with Crippen LogP contribution in [-0.4, -0.2) is 33.0 Å². The summed E-state index contributed by atoms with van der Waals surface area (Å²) in [4.78, 5) is 23.6. The molecule has 0 bridgehead atoms. The third kappa shape index (κ3) is 5.85. The van der Waals surface area contributed by atoms with Crippen molar-refractivity contribution in [3.63, 3.8) is 0 Å². The first-order chi connectivity index (χ1) is 10.00. The molecule has 1 aromatic rings. The van der Waals surface area contributed by atoms with E-state index in [4.69, 9.17) is 0 Å².